The number of nitrogens with zero attached hydrogens (tertiary/aromatic N) is 1. The molecule has 36 heavy (non-hydrogen) atoms. The van der Waals surface area contributed by atoms with Crippen LogP contribution in [0.5, 0.6) is 0 Å². The van der Waals surface area contributed by atoms with Gasteiger partial charge in [-0.15, -0.1) is 0 Å². The normalized spacial score (nSPS) is 16.9. The van der Waals surface area contributed by atoms with Gasteiger partial charge < -0.3 is 5.32 Å². The van der Waals surface area contributed by atoms with E-state index in [0.29, 0.717) is 36.2 Å². The van der Waals surface area contributed by atoms with Gasteiger partial charge in [0.2, 0.25) is 15.9 Å². The molecule has 1 aliphatic rings. The number of benzene rings is 3. The molecule has 0 aromatic heterocycles. The van der Waals surface area contributed by atoms with Crippen LogP contribution in [0.1, 0.15) is 55.1 Å². The lowest BCUT2D eigenvalue weighted by atomic mass is 9.86. The van der Waals surface area contributed by atoms with Gasteiger partial charge in [-0.2, -0.15) is 4.31 Å². The summed E-state index contributed by atoms with van der Waals surface area (Å²) in [5, 5.41) is 2.89. The van der Waals surface area contributed by atoms with Gasteiger partial charge >= 0.3 is 0 Å². The molecule has 0 spiro atoms. The number of ketones is 1. The van der Waals surface area contributed by atoms with E-state index in [1.54, 1.807) is 54.6 Å². The summed E-state index contributed by atoms with van der Waals surface area (Å²) in [5.41, 5.74) is 2.73. The summed E-state index contributed by atoms with van der Waals surface area (Å²) in [4.78, 5) is 26.3. The van der Waals surface area contributed by atoms with Crippen molar-refractivity contribution in [2.75, 3.05) is 18.4 Å². The lowest BCUT2D eigenvalue weighted by Crippen LogP contribution is -2.43. The van der Waals surface area contributed by atoms with E-state index in [1.807, 2.05) is 24.3 Å². The van der Waals surface area contributed by atoms with Crippen molar-refractivity contribution in [2.45, 2.75) is 43.9 Å². The number of anilines is 1. The van der Waals surface area contributed by atoms with Gasteiger partial charge in [0, 0.05) is 29.9 Å². The van der Waals surface area contributed by atoms with Crippen LogP contribution in [-0.4, -0.2) is 37.5 Å². The van der Waals surface area contributed by atoms with Crippen molar-refractivity contribution >= 4 is 27.4 Å². The van der Waals surface area contributed by atoms with Crippen molar-refractivity contribution in [3.05, 3.63) is 95.6 Å². The molecular formula is C29H32N2O4S. The fourth-order valence-electron chi connectivity index (χ4n) is 4.39. The Kier molecular flexibility index (Phi) is 7.43. The molecule has 1 fully saturated rings. The van der Waals surface area contributed by atoms with Crippen LogP contribution in [0.3, 0.4) is 0 Å². The number of hydrogen-bond donors (Lipinski definition) is 1. The molecule has 0 bridgehead atoms. The Morgan fingerprint density at radius 3 is 2.25 bits per heavy atom. The first kappa shape index (κ1) is 25.8. The summed E-state index contributed by atoms with van der Waals surface area (Å²) in [5.74, 6) is -0.840. The summed E-state index contributed by atoms with van der Waals surface area (Å²) in [6.07, 6.45) is 1.21. The van der Waals surface area contributed by atoms with Crippen LogP contribution in [0.4, 0.5) is 5.69 Å². The lowest BCUT2D eigenvalue weighted by Gasteiger charge is -2.31. The smallest absolute Gasteiger partial charge is 0.243 e. The topological polar surface area (TPSA) is 83.6 Å². The van der Waals surface area contributed by atoms with Crippen LogP contribution in [0.15, 0.2) is 83.8 Å². The number of carbonyl (C=O) groups excluding carboxylic acids is 2. The van der Waals surface area contributed by atoms with E-state index < -0.39 is 15.9 Å². The zero-order chi connectivity index (χ0) is 25.9. The van der Waals surface area contributed by atoms with E-state index in [1.165, 1.54) is 4.31 Å². The highest BCUT2D eigenvalue weighted by Gasteiger charge is 2.33. The molecule has 1 heterocycles. The number of sulfonamides is 1. The fraction of sp³-hybridized carbons (Fsp3) is 0.310. The van der Waals surface area contributed by atoms with Crippen molar-refractivity contribution in [3.63, 3.8) is 0 Å². The second-order valence-electron chi connectivity index (χ2n) is 10.2. The minimum absolute atomic E-state index is 0.000895. The molecule has 3 aromatic carbocycles. The number of rotatable bonds is 6. The number of amides is 1. The molecule has 4 rings (SSSR count). The van der Waals surface area contributed by atoms with Gasteiger partial charge in [0.15, 0.2) is 5.78 Å². The van der Waals surface area contributed by atoms with Gasteiger partial charge in [0.05, 0.1) is 10.8 Å². The average Bonchev–Trinajstić information content (AvgIpc) is 2.88. The van der Waals surface area contributed by atoms with Crippen LogP contribution >= 0.6 is 0 Å². The fourth-order valence-corrected chi connectivity index (χ4v) is 5.93. The molecule has 188 valence electrons. The van der Waals surface area contributed by atoms with Crippen LogP contribution < -0.4 is 5.32 Å². The zero-order valence-corrected chi connectivity index (χ0v) is 21.7. The first-order valence-electron chi connectivity index (χ1n) is 12.2. The van der Waals surface area contributed by atoms with Gasteiger partial charge in [-0.25, -0.2) is 8.42 Å². The molecule has 3 aromatic rings. The second kappa shape index (κ2) is 10.4. The summed E-state index contributed by atoms with van der Waals surface area (Å²) < 4.78 is 27.4. The Morgan fingerprint density at radius 2 is 1.58 bits per heavy atom. The highest BCUT2D eigenvalue weighted by molar-refractivity contribution is 7.89. The summed E-state index contributed by atoms with van der Waals surface area (Å²) in [6, 6.07) is 22.7. The number of carbonyl (C=O) groups is 2. The molecule has 1 saturated heterocycles. The van der Waals surface area contributed by atoms with E-state index >= 15 is 0 Å². The summed E-state index contributed by atoms with van der Waals surface area (Å²) >= 11 is 0. The molecule has 6 nitrogen and oxygen atoms in total. The van der Waals surface area contributed by atoms with E-state index in [0.717, 1.165) is 5.56 Å². The minimum atomic E-state index is -3.65. The number of piperidine rings is 1. The summed E-state index contributed by atoms with van der Waals surface area (Å²) in [6.45, 7) is 6.89. The molecule has 1 atom stereocenters. The third-order valence-corrected chi connectivity index (χ3v) is 8.42. The molecule has 7 heteroatoms. The van der Waals surface area contributed by atoms with E-state index in [9.17, 15) is 18.0 Å². The van der Waals surface area contributed by atoms with Gasteiger partial charge in [0.25, 0.3) is 0 Å². The van der Waals surface area contributed by atoms with Gasteiger partial charge in [-0.05, 0) is 48.1 Å². The third-order valence-electron chi connectivity index (χ3n) is 6.54. The van der Waals surface area contributed by atoms with Gasteiger partial charge in [0.1, 0.15) is 0 Å². The molecule has 0 saturated carbocycles. The Labute approximate surface area is 213 Å². The highest BCUT2D eigenvalue weighted by Crippen LogP contribution is 2.26. The molecule has 1 N–H and O–H groups in total. The van der Waals surface area contributed by atoms with E-state index in [2.05, 4.69) is 26.1 Å². The average molecular weight is 505 g/mol. The first-order chi connectivity index (χ1) is 17.1. The Balaban J connectivity index is 1.45. The molecule has 1 amide bonds. The SMILES string of the molecule is CC(C)(C)c1ccc(C(=O)c2cccc(NC(=O)[C@@H]3CCCN(S(=O)(=O)c4ccccc4)C3)c2)cc1. The van der Waals surface area contributed by atoms with E-state index in [4.69, 9.17) is 0 Å². The van der Waals surface area contributed by atoms with Gasteiger partial charge in [-0.1, -0.05) is 75.4 Å². The van der Waals surface area contributed by atoms with Crippen LogP contribution in [-0.2, 0) is 20.2 Å². The van der Waals surface area contributed by atoms with Crippen molar-refractivity contribution in [3.8, 4) is 0 Å². The van der Waals surface area contributed by atoms with Crippen molar-refractivity contribution in [1.29, 1.82) is 0 Å². The van der Waals surface area contributed by atoms with Gasteiger partial charge in [-0.3, -0.25) is 9.59 Å². The Morgan fingerprint density at radius 1 is 0.889 bits per heavy atom. The Hall–Kier alpha value is -3.29. The van der Waals surface area contributed by atoms with Crippen molar-refractivity contribution < 1.29 is 18.0 Å². The highest BCUT2D eigenvalue weighted by atomic mass is 32.2. The maximum Gasteiger partial charge on any atom is 0.243 e. The molecule has 1 aliphatic heterocycles. The number of hydrogen-bond acceptors (Lipinski definition) is 4. The third kappa shape index (κ3) is 5.74. The Bertz CT molecular complexity index is 1340. The van der Waals surface area contributed by atoms with Crippen molar-refractivity contribution in [1.82, 2.24) is 4.31 Å². The largest absolute Gasteiger partial charge is 0.326 e. The maximum absolute atomic E-state index is 13.0. The minimum Gasteiger partial charge on any atom is -0.326 e. The maximum atomic E-state index is 13.0. The summed E-state index contributed by atoms with van der Waals surface area (Å²) in [7, 11) is -3.65. The molecule has 0 aliphatic carbocycles. The predicted octanol–water partition coefficient (Wildman–Crippen LogP) is 5.25. The van der Waals surface area contributed by atoms with Crippen LogP contribution in [0.2, 0.25) is 0 Å². The lowest BCUT2D eigenvalue weighted by molar-refractivity contribution is -0.120. The predicted molar refractivity (Wildman–Crippen MR) is 142 cm³/mol. The van der Waals surface area contributed by atoms with Crippen LogP contribution in [0.25, 0.3) is 0 Å². The zero-order valence-electron chi connectivity index (χ0n) is 20.9. The van der Waals surface area contributed by atoms with E-state index in [-0.39, 0.29) is 28.5 Å². The first-order valence-corrected chi connectivity index (χ1v) is 13.6. The standard InChI is InChI=1S/C29H32N2O4S/c1-29(2,3)24-16-14-21(15-17-24)27(32)22-9-7-11-25(19-22)30-28(33)23-10-8-18-31(20-23)36(34,35)26-12-5-4-6-13-26/h4-7,9,11-17,19,23H,8,10,18,20H2,1-3H3,(H,30,33)/t23-/m1/s1. The monoisotopic (exact) mass is 504 g/mol. The molecular weight excluding hydrogens is 472 g/mol. The van der Waals surface area contributed by atoms with Crippen molar-refractivity contribution in [2.24, 2.45) is 5.92 Å². The molecule has 0 radical (unpaired) electrons. The molecule has 0 unspecified atom stereocenters. The second-order valence-corrected chi connectivity index (χ2v) is 12.2. The quantitative estimate of drug-likeness (QED) is 0.465. The van der Waals surface area contributed by atoms with Crippen LogP contribution in [0, 0.1) is 5.92 Å². The number of nitrogens with one attached hydrogen (secondary N) is 1.